The summed E-state index contributed by atoms with van der Waals surface area (Å²) in [4.78, 5) is 11.9. The van der Waals surface area contributed by atoms with E-state index in [1.807, 2.05) is 12.1 Å². The fourth-order valence-corrected chi connectivity index (χ4v) is 3.97. The monoisotopic (exact) mass is 331 g/mol. The van der Waals surface area contributed by atoms with Gasteiger partial charge in [0, 0.05) is 16.9 Å². The highest BCUT2D eigenvalue weighted by atomic mass is 79.9. The van der Waals surface area contributed by atoms with Crippen LogP contribution in [0.1, 0.15) is 22.3 Å². The third kappa shape index (κ3) is 3.32. The second-order valence-electron chi connectivity index (χ2n) is 4.40. The number of nitrogens with one attached hydrogen (secondary N) is 1. The zero-order valence-corrected chi connectivity index (χ0v) is 12.1. The third-order valence-electron chi connectivity index (χ3n) is 2.94. The highest BCUT2D eigenvalue weighted by Crippen LogP contribution is 2.13. The summed E-state index contributed by atoms with van der Waals surface area (Å²) in [5, 5.41) is 3.50. The molecule has 0 unspecified atom stereocenters. The van der Waals surface area contributed by atoms with E-state index in [1.54, 1.807) is 12.1 Å². The molecule has 18 heavy (non-hydrogen) atoms. The van der Waals surface area contributed by atoms with Crippen LogP contribution in [0.2, 0.25) is 0 Å². The van der Waals surface area contributed by atoms with Gasteiger partial charge in [-0.3, -0.25) is 4.79 Å². The number of carbonyl (C=O) groups is 1. The Morgan fingerprint density at radius 1 is 1.33 bits per heavy atom. The van der Waals surface area contributed by atoms with E-state index in [2.05, 4.69) is 21.2 Å². The summed E-state index contributed by atoms with van der Waals surface area (Å²) < 4.78 is 22.6. The zero-order chi connectivity index (χ0) is 13.2. The van der Waals surface area contributed by atoms with Crippen LogP contribution in [0.25, 0.3) is 0 Å². The number of hydrogen-bond donors (Lipinski definition) is 1. The Labute approximate surface area is 115 Å². The maximum atomic E-state index is 11.9. The first kappa shape index (κ1) is 13.5. The molecule has 1 aliphatic rings. The highest BCUT2D eigenvalue weighted by Gasteiger charge is 2.28. The summed E-state index contributed by atoms with van der Waals surface area (Å²) in [6.45, 7) is 0. The van der Waals surface area contributed by atoms with Crippen molar-refractivity contribution in [2.75, 3.05) is 11.5 Å². The van der Waals surface area contributed by atoms with Gasteiger partial charge in [0.2, 0.25) is 0 Å². The van der Waals surface area contributed by atoms with E-state index in [4.69, 9.17) is 0 Å². The number of carbonyl (C=O) groups excluding carboxylic acids is 1. The Morgan fingerprint density at radius 2 is 2.00 bits per heavy atom. The minimum absolute atomic E-state index is 0.0538. The van der Waals surface area contributed by atoms with E-state index in [-0.39, 0.29) is 23.5 Å². The van der Waals surface area contributed by atoms with Crippen molar-refractivity contribution in [3.05, 3.63) is 35.4 Å². The normalized spacial score (nSPS) is 21.7. The van der Waals surface area contributed by atoms with E-state index in [1.165, 1.54) is 0 Å². The lowest BCUT2D eigenvalue weighted by Crippen LogP contribution is -2.35. The molecule has 1 saturated heterocycles. The molecule has 1 aromatic carbocycles. The predicted octanol–water partition coefficient (Wildman–Crippen LogP) is 1.50. The molecule has 1 aliphatic heterocycles. The molecule has 0 spiro atoms. The summed E-state index contributed by atoms with van der Waals surface area (Å²) in [5.74, 6) is 0.0109. The first-order valence-electron chi connectivity index (χ1n) is 5.66. The second kappa shape index (κ2) is 5.40. The van der Waals surface area contributed by atoms with Crippen LogP contribution in [-0.2, 0) is 15.2 Å². The lowest BCUT2D eigenvalue weighted by Gasteiger charge is -2.10. The Bertz CT molecular complexity index is 539. The topological polar surface area (TPSA) is 63.2 Å². The fourth-order valence-electron chi connectivity index (χ4n) is 1.92. The molecule has 0 aromatic heterocycles. The molecular weight excluding hydrogens is 318 g/mol. The molecule has 1 fully saturated rings. The standard InChI is InChI=1S/C12H14BrNO3S/c13-7-9-1-3-10(4-2-9)12(15)14-11-5-6-18(16,17)8-11/h1-4,11H,5-8H2,(H,14,15)/t11-/m0/s1. The fraction of sp³-hybridized carbons (Fsp3) is 0.417. The summed E-state index contributed by atoms with van der Waals surface area (Å²) in [7, 11) is -2.95. The van der Waals surface area contributed by atoms with Gasteiger partial charge in [-0.05, 0) is 24.1 Å². The molecular formula is C12H14BrNO3S. The van der Waals surface area contributed by atoms with Crippen LogP contribution in [-0.4, -0.2) is 31.9 Å². The van der Waals surface area contributed by atoms with Crippen LogP contribution in [0.4, 0.5) is 0 Å². The molecule has 1 aromatic rings. The van der Waals surface area contributed by atoms with E-state index in [0.29, 0.717) is 12.0 Å². The highest BCUT2D eigenvalue weighted by molar-refractivity contribution is 9.08. The molecule has 1 N–H and O–H groups in total. The molecule has 2 rings (SSSR count). The minimum atomic E-state index is -2.95. The maximum Gasteiger partial charge on any atom is 0.251 e. The number of amides is 1. The minimum Gasteiger partial charge on any atom is -0.348 e. The van der Waals surface area contributed by atoms with E-state index in [9.17, 15) is 13.2 Å². The zero-order valence-electron chi connectivity index (χ0n) is 9.73. The van der Waals surface area contributed by atoms with E-state index in [0.717, 1.165) is 10.9 Å². The first-order valence-corrected chi connectivity index (χ1v) is 8.60. The average Bonchev–Trinajstić information content (AvgIpc) is 2.68. The van der Waals surface area contributed by atoms with Gasteiger partial charge >= 0.3 is 0 Å². The lowest BCUT2D eigenvalue weighted by molar-refractivity contribution is 0.0941. The molecule has 0 saturated carbocycles. The predicted molar refractivity (Wildman–Crippen MR) is 73.6 cm³/mol. The maximum absolute atomic E-state index is 11.9. The smallest absolute Gasteiger partial charge is 0.251 e. The number of alkyl halides is 1. The largest absolute Gasteiger partial charge is 0.348 e. The van der Waals surface area contributed by atoms with Gasteiger partial charge < -0.3 is 5.32 Å². The average molecular weight is 332 g/mol. The molecule has 1 amide bonds. The summed E-state index contributed by atoms with van der Waals surface area (Å²) in [5.41, 5.74) is 1.65. The van der Waals surface area contributed by atoms with Gasteiger partial charge in [0.1, 0.15) is 0 Å². The van der Waals surface area contributed by atoms with E-state index >= 15 is 0 Å². The molecule has 0 aliphatic carbocycles. The Kier molecular flexibility index (Phi) is 4.07. The van der Waals surface area contributed by atoms with Crippen LogP contribution in [0, 0.1) is 0 Å². The Balaban J connectivity index is 1.99. The Hall–Kier alpha value is -0.880. The van der Waals surface area contributed by atoms with Gasteiger partial charge in [-0.25, -0.2) is 8.42 Å². The van der Waals surface area contributed by atoms with Crippen molar-refractivity contribution in [3.8, 4) is 0 Å². The van der Waals surface area contributed by atoms with Crippen molar-refractivity contribution in [2.45, 2.75) is 17.8 Å². The van der Waals surface area contributed by atoms with Crippen LogP contribution in [0.15, 0.2) is 24.3 Å². The molecule has 4 nitrogen and oxygen atoms in total. The van der Waals surface area contributed by atoms with Crippen molar-refractivity contribution in [3.63, 3.8) is 0 Å². The van der Waals surface area contributed by atoms with Gasteiger partial charge in [0.25, 0.3) is 5.91 Å². The first-order chi connectivity index (χ1) is 8.50. The van der Waals surface area contributed by atoms with E-state index < -0.39 is 9.84 Å². The van der Waals surface area contributed by atoms with Crippen molar-refractivity contribution < 1.29 is 13.2 Å². The number of hydrogen-bond acceptors (Lipinski definition) is 3. The van der Waals surface area contributed by atoms with Gasteiger partial charge in [0.15, 0.2) is 9.84 Å². The second-order valence-corrected chi connectivity index (χ2v) is 7.19. The molecule has 1 atom stereocenters. The SMILES string of the molecule is O=C(N[C@H]1CCS(=O)(=O)C1)c1ccc(CBr)cc1. The number of benzene rings is 1. The van der Waals surface area contributed by atoms with Gasteiger partial charge in [0.05, 0.1) is 11.5 Å². The third-order valence-corrected chi connectivity index (χ3v) is 5.35. The molecule has 0 bridgehead atoms. The van der Waals surface area contributed by atoms with Crippen LogP contribution in [0.3, 0.4) is 0 Å². The van der Waals surface area contributed by atoms with Crippen LogP contribution >= 0.6 is 15.9 Å². The van der Waals surface area contributed by atoms with Crippen LogP contribution in [0.5, 0.6) is 0 Å². The quantitative estimate of drug-likeness (QED) is 0.853. The van der Waals surface area contributed by atoms with Crippen molar-refractivity contribution in [2.24, 2.45) is 0 Å². The lowest BCUT2D eigenvalue weighted by atomic mass is 10.1. The molecule has 6 heteroatoms. The number of halogens is 1. The molecule has 1 heterocycles. The Morgan fingerprint density at radius 3 is 2.50 bits per heavy atom. The number of rotatable bonds is 3. The van der Waals surface area contributed by atoms with Gasteiger partial charge in [-0.1, -0.05) is 28.1 Å². The van der Waals surface area contributed by atoms with Gasteiger partial charge in [-0.15, -0.1) is 0 Å². The van der Waals surface area contributed by atoms with Gasteiger partial charge in [-0.2, -0.15) is 0 Å². The van der Waals surface area contributed by atoms with Crippen molar-refractivity contribution in [1.29, 1.82) is 0 Å². The number of sulfone groups is 1. The summed E-state index contributed by atoms with van der Waals surface area (Å²) >= 11 is 3.34. The van der Waals surface area contributed by atoms with Crippen molar-refractivity contribution in [1.82, 2.24) is 5.32 Å². The summed E-state index contributed by atoms with van der Waals surface area (Å²) in [6, 6.07) is 6.98. The molecule has 0 radical (unpaired) electrons. The molecule has 98 valence electrons. The summed E-state index contributed by atoms with van der Waals surface area (Å²) in [6.07, 6.45) is 0.507. The van der Waals surface area contributed by atoms with Crippen LogP contribution < -0.4 is 5.32 Å². The van der Waals surface area contributed by atoms with Crippen molar-refractivity contribution >= 4 is 31.7 Å².